The van der Waals surface area contributed by atoms with Crippen molar-refractivity contribution in [2.24, 2.45) is 7.05 Å². The van der Waals surface area contributed by atoms with Crippen LogP contribution in [0.25, 0.3) is 0 Å². The molecule has 0 aliphatic carbocycles. The van der Waals surface area contributed by atoms with Gasteiger partial charge < -0.3 is 5.32 Å². The smallest absolute Gasteiger partial charge is 0.273 e. The van der Waals surface area contributed by atoms with Crippen LogP contribution >= 0.6 is 23.4 Å². The summed E-state index contributed by atoms with van der Waals surface area (Å²) < 4.78 is 16.1. The third-order valence-electron chi connectivity index (χ3n) is 3.32. The predicted molar refractivity (Wildman–Crippen MR) is 92.4 cm³/mol. The lowest BCUT2D eigenvalue weighted by molar-refractivity contribution is 0.0951. The van der Waals surface area contributed by atoms with Gasteiger partial charge in [0.05, 0.1) is 12.7 Å². The molecule has 0 unspecified atom stereocenters. The summed E-state index contributed by atoms with van der Waals surface area (Å²) in [5.74, 6) is -0.134. The van der Waals surface area contributed by atoms with Crippen LogP contribution in [-0.4, -0.2) is 53.4 Å². The zero-order valence-corrected chi connectivity index (χ0v) is 15.2. The second kappa shape index (κ2) is 8.23. The Kier molecular flexibility index (Phi) is 5.78. The Labute approximate surface area is 156 Å². The van der Waals surface area contributed by atoms with E-state index in [9.17, 15) is 9.18 Å². The van der Waals surface area contributed by atoms with Crippen molar-refractivity contribution in [1.29, 1.82) is 0 Å². The van der Waals surface area contributed by atoms with Gasteiger partial charge in [0.15, 0.2) is 5.69 Å². The summed E-state index contributed by atoms with van der Waals surface area (Å²) in [6, 6.07) is 4.11. The van der Waals surface area contributed by atoms with Crippen LogP contribution in [0, 0.1) is 5.82 Å². The number of aromatic nitrogens is 7. The highest BCUT2D eigenvalue weighted by Crippen LogP contribution is 2.18. The SMILES string of the molecule is Cn1nnnc1SCCNC(=O)c1cn(Cc2ccc(F)cc2Cl)nn1. The Morgan fingerprint density at radius 1 is 1.35 bits per heavy atom. The van der Waals surface area contributed by atoms with Crippen molar-refractivity contribution >= 4 is 29.3 Å². The molecule has 1 aromatic carbocycles. The number of amides is 1. The number of thioether (sulfide) groups is 1. The lowest BCUT2D eigenvalue weighted by atomic mass is 10.2. The van der Waals surface area contributed by atoms with Gasteiger partial charge in [-0.1, -0.05) is 34.6 Å². The number of carbonyl (C=O) groups excluding carboxylic acids is 1. The maximum absolute atomic E-state index is 13.1. The number of halogens is 2. The third-order valence-corrected chi connectivity index (χ3v) is 4.68. The van der Waals surface area contributed by atoms with E-state index in [4.69, 9.17) is 11.6 Å². The number of rotatable bonds is 7. The Morgan fingerprint density at radius 2 is 2.19 bits per heavy atom. The van der Waals surface area contributed by atoms with Crippen LogP contribution in [-0.2, 0) is 13.6 Å². The third kappa shape index (κ3) is 4.55. The van der Waals surface area contributed by atoms with Gasteiger partial charge in [0.25, 0.3) is 5.91 Å². The van der Waals surface area contributed by atoms with Gasteiger partial charge in [-0.2, -0.15) is 0 Å². The molecular weight excluding hydrogens is 383 g/mol. The Bertz CT molecular complexity index is 914. The lowest BCUT2D eigenvalue weighted by Gasteiger charge is -2.04. The van der Waals surface area contributed by atoms with Gasteiger partial charge in [-0.25, -0.2) is 13.8 Å². The summed E-state index contributed by atoms with van der Waals surface area (Å²) in [6.45, 7) is 0.710. The van der Waals surface area contributed by atoms with Crippen LogP contribution in [0.2, 0.25) is 5.02 Å². The molecule has 0 atom stereocenters. The van der Waals surface area contributed by atoms with Crippen LogP contribution in [0.4, 0.5) is 4.39 Å². The maximum atomic E-state index is 13.1. The summed E-state index contributed by atoms with van der Waals surface area (Å²) in [5, 5.41) is 22.5. The van der Waals surface area contributed by atoms with Crippen molar-refractivity contribution in [3.05, 3.63) is 46.5 Å². The molecule has 0 spiro atoms. The topological polar surface area (TPSA) is 103 Å². The average molecular weight is 397 g/mol. The summed E-state index contributed by atoms with van der Waals surface area (Å²) in [4.78, 5) is 12.1. The van der Waals surface area contributed by atoms with Crippen LogP contribution in [0.15, 0.2) is 29.6 Å². The number of nitrogens with zero attached hydrogens (tertiary/aromatic N) is 7. The number of hydrogen-bond donors (Lipinski definition) is 1. The summed E-state index contributed by atoms with van der Waals surface area (Å²) in [6.07, 6.45) is 1.51. The number of aryl methyl sites for hydroxylation is 1. The fourth-order valence-electron chi connectivity index (χ4n) is 2.05. The van der Waals surface area contributed by atoms with Crippen molar-refractivity contribution in [3.8, 4) is 0 Å². The van der Waals surface area contributed by atoms with E-state index in [2.05, 4.69) is 31.2 Å². The minimum atomic E-state index is -0.410. The second-order valence-electron chi connectivity index (χ2n) is 5.23. The quantitative estimate of drug-likeness (QED) is 0.472. The molecule has 136 valence electrons. The number of benzene rings is 1. The number of carbonyl (C=O) groups is 1. The predicted octanol–water partition coefficient (Wildman–Crippen LogP) is 1.16. The molecule has 9 nitrogen and oxygen atoms in total. The van der Waals surface area contributed by atoms with E-state index < -0.39 is 5.82 Å². The maximum Gasteiger partial charge on any atom is 0.273 e. The first kappa shape index (κ1) is 18.3. The average Bonchev–Trinajstić information content (AvgIpc) is 3.23. The van der Waals surface area contributed by atoms with E-state index >= 15 is 0 Å². The zero-order valence-electron chi connectivity index (χ0n) is 13.6. The molecule has 0 aliphatic rings. The highest BCUT2D eigenvalue weighted by Gasteiger charge is 2.12. The molecular formula is C14H14ClFN8OS. The van der Waals surface area contributed by atoms with E-state index in [1.807, 2.05) is 0 Å². The van der Waals surface area contributed by atoms with Crippen molar-refractivity contribution in [1.82, 2.24) is 40.5 Å². The van der Waals surface area contributed by atoms with E-state index in [-0.39, 0.29) is 18.1 Å². The van der Waals surface area contributed by atoms with Gasteiger partial charge >= 0.3 is 0 Å². The fraction of sp³-hybridized carbons (Fsp3) is 0.286. The number of tetrazole rings is 1. The first-order chi connectivity index (χ1) is 12.5. The van der Waals surface area contributed by atoms with Crippen molar-refractivity contribution < 1.29 is 9.18 Å². The van der Waals surface area contributed by atoms with Crippen molar-refractivity contribution in [2.75, 3.05) is 12.3 Å². The zero-order chi connectivity index (χ0) is 18.5. The molecule has 2 heterocycles. The molecule has 1 N–H and O–H groups in total. The molecule has 0 saturated heterocycles. The molecule has 3 aromatic rings. The number of nitrogens with one attached hydrogen (secondary N) is 1. The first-order valence-electron chi connectivity index (χ1n) is 7.50. The highest BCUT2D eigenvalue weighted by atomic mass is 35.5. The largest absolute Gasteiger partial charge is 0.350 e. The molecule has 0 fully saturated rings. The minimum Gasteiger partial charge on any atom is -0.350 e. The Balaban J connectivity index is 1.50. The van der Waals surface area contributed by atoms with Gasteiger partial charge in [0.1, 0.15) is 5.82 Å². The summed E-state index contributed by atoms with van der Waals surface area (Å²) >= 11 is 7.41. The molecule has 0 bridgehead atoms. The Morgan fingerprint density at radius 3 is 2.92 bits per heavy atom. The van der Waals surface area contributed by atoms with Crippen LogP contribution in [0.5, 0.6) is 0 Å². The first-order valence-corrected chi connectivity index (χ1v) is 8.86. The molecule has 1 amide bonds. The fourth-order valence-corrected chi connectivity index (χ4v) is 2.98. The van der Waals surface area contributed by atoms with E-state index in [1.165, 1.54) is 34.8 Å². The summed E-state index contributed by atoms with van der Waals surface area (Å²) in [7, 11) is 1.74. The van der Waals surface area contributed by atoms with Crippen molar-refractivity contribution in [3.63, 3.8) is 0 Å². The molecule has 12 heteroatoms. The molecule has 0 aliphatic heterocycles. The van der Waals surface area contributed by atoms with E-state index in [0.717, 1.165) is 0 Å². The van der Waals surface area contributed by atoms with E-state index in [1.54, 1.807) is 17.8 Å². The molecule has 2 aromatic heterocycles. The van der Waals surface area contributed by atoms with Gasteiger partial charge in [-0.3, -0.25) is 4.79 Å². The molecule has 3 rings (SSSR count). The van der Waals surface area contributed by atoms with Crippen LogP contribution in [0.1, 0.15) is 16.1 Å². The van der Waals surface area contributed by atoms with Crippen molar-refractivity contribution in [2.45, 2.75) is 11.7 Å². The van der Waals surface area contributed by atoms with Gasteiger partial charge in [0.2, 0.25) is 5.16 Å². The van der Waals surface area contributed by atoms with Crippen LogP contribution < -0.4 is 5.32 Å². The van der Waals surface area contributed by atoms with Gasteiger partial charge in [0, 0.05) is 24.4 Å². The van der Waals surface area contributed by atoms with Gasteiger partial charge in [-0.05, 0) is 28.1 Å². The monoisotopic (exact) mass is 396 g/mol. The molecule has 0 radical (unpaired) electrons. The summed E-state index contributed by atoms with van der Waals surface area (Å²) in [5.41, 5.74) is 0.868. The standard InChI is InChI=1S/C14H14ClFN8OS/c1-23-14(19-20-22-23)26-5-4-17-13(25)12-8-24(21-18-12)7-9-2-3-10(16)6-11(9)15/h2-3,6,8H,4-5,7H2,1H3,(H,17,25). The number of hydrogen-bond acceptors (Lipinski definition) is 7. The molecule has 26 heavy (non-hydrogen) atoms. The Hall–Kier alpha value is -2.53. The van der Waals surface area contributed by atoms with Crippen LogP contribution in [0.3, 0.4) is 0 Å². The lowest BCUT2D eigenvalue weighted by Crippen LogP contribution is -2.26. The van der Waals surface area contributed by atoms with E-state index in [0.29, 0.717) is 28.0 Å². The molecule has 0 saturated carbocycles. The normalized spacial score (nSPS) is 10.9. The minimum absolute atomic E-state index is 0.188. The highest BCUT2D eigenvalue weighted by molar-refractivity contribution is 7.99. The van der Waals surface area contributed by atoms with Gasteiger partial charge in [-0.15, -0.1) is 10.2 Å². The second-order valence-corrected chi connectivity index (χ2v) is 6.70.